The fraction of sp³-hybridized carbons (Fsp3) is 0.0645. The van der Waals surface area contributed by atoms with Gasteiger partial charge in [-0.05, 0) is 84.4 Å². The van der Waals surface area contributed by atoms with Crippen LogP contribution in [-0.2, 0) is 9.59 Å². The van der Waals surface area contributed by atoms with Crippen molar-refractivity contribution in [2.24, 2.45) is 0 Å². The Kier molecular flexibility index (Phi) is 9.68. The number of anilines is 2. The van der Waals surface area contributed by atoms with Crippen molar-refractivity contribution in [3.05, 3.63) is 126 Å². The molecule has 9 heteroatoms. The van der Waals surface area contributed by atoms with Gasteiger partial charge in [0.15, 0.2) is 0 Å². The predicted molar refractivity (Wildman–Crippen MR) is 156 cm³/mol. The number of amides is 3. The Hall–Kier alpha value is -4.89. The van der Waals surface area contributed by atoms with Gasteiger partial charge in [-0.25, -0.2) is 4.39 Å². The van der Waals surface area contributed by atoms with Crippen LogP contribution in [0.5, 0.6) is 5.75 Å². The van der Waals surface area contributed by atoms with Crippen molar-refractivity contribution in [2.75, 3.05) is 23.5 Å². The number of halogens is 1. The predicted octanol–water partition coefficient (Wildman–Crippen LogP) is 5.97. The van der Waals surface area contributed by atoms with Gasteiger partial charge >= 0.3 is 0 Å². The highest BCUT2D eigenvalue weighted by Crippen LogP contribution is 2.22. The molecule has 0 bridgehead atoms. The number of nitrogens with one attached hydrogen (secondary N) is 3. The Morgan fingerprint density at radius 3 is 2.08 bits per heavy atom. The van der Waals surface area contributed by atoms with Crippen molar-refractivity contribution in [1.82, 2.24) is 5.32 Å². The molecule has 0 radical (unpaired) electrons. The summed E-state index contributed by atoms with van der Waals surface area (Å²) in [6, 6.07) is 28.2. The molecule has 3 N–H and O–H groups in total. The lowest BCUT2D eigenvalue weighted by atomic mass is 10.1. The summed E-state index contributed by atoms with van der Waals surface area (Å²) in [5.74, 6) is -0.691. The summed E-state index contributed by atoms with van der Waals surface area (Å²) in [5.41, 5.74) is 2.21. The second kappa shape index (κ2) is 13.8. The quantitative estimate of drug-likeness (QED) is 0.165. The molecule has 4 aromatic carbocycles. The smallest absolute Gasteiger partial charge is 0.272 e. The number of ether oxygens (including phenoxy) is 1. The Morgan fingerprint density at radius 1 is 0.800 bits per heavy atom. The van der Waals surface area contributed by atoms with Crippen LogP contribution in [0.2, 0.25) is 0 Å². The summed E-state index contributed by atoms with van der Waals surface area (Å²) in [7, 11) is 1.57. The van der Waals surface area contributed by atoms with Crippen LogP contribution in [0.15, 0.2) is 114 Å². The summed E-state index contributed by atoms with van der Waals surface area (Å²) >= 11 is 1.32. The lowest BCUT2D eigenvalue weighted by Gasteiger charge is -2.12. The molecule has 40 heavy (non-hydrogen) atoms. The first-order valence-corrected chi connectivity index (χ1v) is 13.2. The molecule has 0 spiro atoms. The van der Waals surface area contributed by atoms with Crippen molar-refractivity contribution >= 4 is 46.9 Å². The zero-order valence-corrected chi connectivity index (χ0v) is 22.3. The largest absolute Gasteiger partial charge is 0.497 e. The third-order valence-electron chi connectivity index (χ3n) is 5.57. The van der Waals surface area contributed by atoms with E-state index in [4.69, 9.17) is 4.74 Å². The summed E-state index contributed by atoms with van der Waals surface area (Å²) in [4.78, 5) is 39.0. The normalized spacial score (nSPS) is 10.9. The molecular weight excluding hydrogens is 529 g/mol. The third kappa shape index (κ3) is 8.31. The van der Waals surface area contributed by atoms with Gasteiger partial charge in [-0.1, -0.05) is 30.3 Å². The number of hydrogen-bond acceptors (Lipinski definition) is 5. The van der Waals surface area contributed by atoms with Crippen LogP contribution < -0.4 is 20.7 Å². The van der Waals surface area contributed by atoms with Crippen molar-refractivity contribution in [3.8, 4) is 5.75 Å². The molecule has 4 rings (SSSR count). The van der Waals surface area contributed by atoms with E-state index in [1.54, 1.807) is 92.0 Å². The van der Waals surface area contributed by atoms with E-state index in [2.05, 4.69) is 16.0 Å². The van der Waals surface area contributed by atoms with Gasteiger partial charge in [-0.15, -0.1) is 11.8 Å². The summed E-state index contributed by atoms with van der Waals surface area (Å²) in [5, 5.41) is 8.22. The van der Waals surface area contributed by atoms with Crippen LogP contribution >= 0.6 is 11.8 Å². The molecule has 4 aromatic rings. The van der Waals surface area contributed by atoms with Crippen LogP contribution in [0.25, 0.3) is 6.08 Å². The minimum atomic E-state index is -0.501. The third-order valence-corrected chi connectivity index (χ3v) is 6.58. The van der Waals surface area contributed by atoms with E-state index in [0.29, 0.717) is 28.3 Å². The maximum atomic E-state index is 13.2. The lowest BCUT2D eigenvalue weighted by molar-refractivity contribution is -0.114. The van der Waals surface area contributed by atoms with Crippen LogP contribution in [0.3, 0.4) is 0 Å². The van der Waals surface area contributed by atoms with Gasteiger partial charge in [-0.3, -0.25) is 14.4 Å². The van der Waals surface area contributed by atoms with Crippen molar-refractivity contribution in [2.45, 2.75) is 4.90 Å². The van der Waals surface area contributed by atoms with Crippen LogP contribution in [0, 0.1) is 5.82 Å². The maximum absolute atomic E-state index is 13.2. The lowest BCUT2D eigenvalue weighted by Crippen LogP contribution is -2.30. The first kappa shape index (κ1) is 28.1. The van der Waals surface area contributed by atoms with Crippen molar-refractivity contribution < 1.29 is 23.5 Å². The maximum Gasteiger partial charge on any atom is 0.272 e. The second-order valence-corrected chi connectivity index (χ2v) is 9.52. The molecule has 0 aromatic heterocycles. The first-order chi connectivity index (χ1) is 19.4. The van der Waals surface area contributed by atoms with E-state index >= 15 is 0 Å². The number of hydrogen-bond donors (Lipinski definition) is 3. The molecule has 7 nitrogen and oxygen atoms in total. The number of carbonyl (C=O) groups is 3. The molecule has 3 amide bonds. The van der Waals surface area contributed by atoms with Crippen LogP contribution in [-0.4, -0.2) is 30.6 Å². The molecule has 0 saturated heterocycles. The molecule has 0 atom stereocenters. The first-order valence-electron chi connectivity index (χ1n) is 12.2. The van der Waals surface area contributed by atoms with E-state index in [1.807, 2.05) is 0 Å². The van der Waals surface area contributed by atoms with Crippen LogP contribution in [0.1, 0.15) is 15.9 Å². The minimum absolute atomic E-state index is 0.0648. The number of rotatable bonds is 10. The Bertz CT molecular complexity index is 1490. The van der Waals surface area contributed by atoms with E-state index in [-0.39, 0.29) is 23.2 Å². The molecule has 0 heterocycles. The van der Waals surface area contributed by atoms with Gasteiger partial charge in [0.05, 0.1) is 12.9 Å². The monoisotopic (exact) mass is 555 g/mol. The second-order valence-electron chi connectivity index (χ2n) is 8.47. The van der Waals surface area contributed by atoms with Gasteiger partial charge in [-0.2, -0.15) is 0 Å². The molecule has 0 aliphatic carbocycles. The highest BCUT2D eigenvalue weighted by molar-refractivity contribution is 8.00. The average Bonchev–Trinajstić information content (AvgIpc) is 2.98. The summed E-state index contributed by atoms with van der Waals surface area (Å²) in [6.07, 6.45) is 1.58. The SMILES string of the molecule is COc1ccc(/C=C(\NC(=O)c2ccccc2)C(=O)Nc2ccc(SCC(=O)Nc3ccc(F)cc3)cc2)cc1. The molecule has 0 saturated carbocycles. The number of benzene rings is 4. The topological polar surface area (TPSA) is 96.5 Å². The number of carbonyl (C=O) groups excluding carboxylic acids is 3. The van der Waals surface area contributed by atoms with Gasteiger partial charge in [0.2, 0.25) is 5.91 Å². The van der Waals surface area contributed by atoms with Crippen molar-refractivity contribution in [3.63, 3.8) is 0 Å². The number of thioether (sulfide) groups is 1. The Labute approximate surface area is 235 Å². The van der Waals surface area contributed by atoms with Gasteiger partial charge < -0.3 is 20.7 Å². The fourth-order valence-electron chi connectivity index (χ4n) is 3.52. The zero-order chi connectivity index (χ0) is 28.3. The standard InChI is InChI=1S/C31H26FN3O4S/c1-39-26-15-7-21(8-16-26)19-28(35-30(37)22-5-3-2-4-6-22)31(38)34-25-13-17-27(18-14-25)40-20-29(36)33-24-11-9-23(32)10-12-24/h2-19H,20H2,1H3,(H,33,36)(H,34,38)(H,35,37)/b28-19-. The van der Waals surface area contributed by atoms with Gasteiger partial charge in [0, 0.05) is 21.8 Å². The molecule has 0 unspecified atom stereocenters. The molecular formula is C31H26FN3O4S. The van der Waals surface area contributed by atoms with E-state index in [9.17, 15) is 18.8 Å². The minimum Gasteiger partial charge on any atom is -0.497 e. The highest BCUT2D eigenvalue weighted by Gasteiger charge is 2.15. The van der Waals surface area contributed by atoms with E-state index < -0.39 is 11.8 Å². The average molecular weight is 556 g/mol. The Morgan fingerprint density at radius 2 is 1.43 bits per heavy atom. The van der Waals surface area contributed by atoms with E-state index in [0.717, 1.165) is 4.90 Å². The van der Waals surface area contributed by atoms with Gasteiger partial charge in [0.25, 0.3) is 11.8 Å². The number of methoxy groups -OCH3 is 1. The summed E-state index contributed by atoms with van der Waals surface area (Å²) < 4.78 is 18.2. The van der Waals surface area contributed by atoms with Crippen molar-refractivity contribution in [1.29, 1.82) is 0 Å². The molecule has 0 aliphatic heterocycles. The van der Waals surface area contributed by atoms with Crippen LogP contribution in [0.4, 0.5) is 15.8 Å². The molecule has 202 valence electrons. The molecule has 0 aliphatic rings. The molecule has 0 fully saturated rings. The Balaban J connectivity index is 1.40. The van der Waals surface area contributed by atoms with Gasteiger partial charge in [0.1, 0.15) is 17.3 Å². The zero-order valence-electron chi connectivity index (χ0n) is 21.5. The summed E-state index contributed by atoms with van der Waals surface area (Å²) in [6.45, 7) is 0. The fourth-order valence-corrected chi connectivity index (χ4v) is 4.22. The highest BCUT2D eigenvalue weighted by atomic mass is 32.2. The van der Waals surface area contributed by atoms with E-state index in [1.165, 1.54) is 36.0 Å².